The van der Waals surface area contributed by atoms with Gasteiger partial charge in [-0.05, 0) is 37.3 Å². The second-order valence-corrected chi connectivity index (χ2v) is 5.17. The van der Waals surface area contributed by atoms with Crippen molar-refractivity contribution in [3.05, 3.63) is 24.3 Å². The van der Waals surface area contributed by atoms with Crippen molar-refractivity contribution >= 4 is 11.4 Å². The SMILES string of the molecule is CC1CCC(Nc2ccccc2N(C)C)C1. The number of hydrogen-bond donors (Lipinski definition) is 1. The Kier molecular flexibility index (Phi) is 3.37. The summed E-state index contributed by atoms with van der Waals surface area (Å²) in [5.74, 6) is 0.879. The number of anilines is 2. The maximum absolute atomic E-state index is 3.68. The van der Waals surface area contributed by atoms with Gasteiger partial charge in [0, 0.05) is 20.1 Å². The Balaban J connectivity index is 2.09. The van der Waals surface area contributed by atoms with Crippen LogP contribution in [-0.2, 0) is 0 Å². The third kappa shape index (κ3) is 2.49. The van der Waals surface area contributed by atoms with Gasteiger partial charge >= 0.3 is 0 Å². The number of benzene rings is 1. The molecule has 1 aliphatic rings. The second kappa shape index (κ2) is 4.77. The van der Waals surface area contributed by atoms with Crippen molar-refractivity contribution in [2.24, 2.45) is 5.92 Å². The lowest BCUT2D eigenvalue weighted by Crippen LogP contribution is -2.18. The average Bonchev–Trinajstić information content (AvgIpc) is 2.64. The molecule has 0 radical (unpaired) electrons. The predicted molar refractivity (Wildman–Crippen MR) is 71.2 cm³/mol. The Labute approximate surface area is 98.7 Å². The quantitative estimate of drug-likeness (QED) is 0.837. The first-order valence-electron chi connectivity index (χ1n) is 6.19. The molecule has 0 aromatic heterocycles. The van der Waals surface area contributed by atoms with E-state index in [-0.39, 0.29) is 0 Å². The topological polar surface area (TPSA) is 15.3 Å². The number of rotatable bonds is 3. The van der Waals surface area contributed by atoms with Gasteiger partial charge in [-0.25, -0.2) is 0 Å². The van der Waals surface area contributed by atoms with E-state index in [1.54, 1.807) is 0 Å². The normalized spacial score (nSPS) is 24.4. The van der Waals surface area contributed by atoms with Gasteiger partial charge < -0.3 is 10.2 Å². The zero-order chi connectivity index (χ0) is 11.5. The molecule has 1 aromatic carbocycles. The maximum Gasteiger partial charge on any atom is 0.0596 e. The third-order valence-corrected chi connectivity index (χ3v) is 3.44. The zero-order valence-corrected chi connectivity index (χ0v) is 10.5. The minimum atomic E-state index is 0.663. The lowest BCUT2D eigenvalue weighted by atomic mass is 10.1. The summed E-state index contributed by atoms with van der Waals surface area (Å²) in [6.45, 7) is 2.35. The highest BCUT2D eigenvalue weighted by Crippen LogP contribution is 2.30. The van der Waals surface area contributed by atoms with Gasteiger partial charge in [-0.15, -0.1) is 0 Å². The fourth-order valence-corrected chi connectivity index (χ4v) is 2.54. The average molecular weight is 218 g/mol. The predicted octanol–water partition coefficient (Wildman–Crippen LogP) is 3.35. The summed E-state index contributed by atoms with van der Waals surface area (Å²) in [5.41, 5.74) is 2.55. The molecule has 0 aliphatic heterocycles. The van der Waals surface area contributed by atoms with Crippen LogP contribution in [0.3, 0.4) is 0 Å². The first kappa shape index (κ1) is 11.3. The van der Waals surface area contributed by atoms with Crippen LogP contribution in [0.15, 0.2) is 24.3 Å². The number of para-hydroxylation sites is 2. The molecule has 88 valence electrons. The van der Waals surface area contributed by atoms with E-state index in [1.165, 1.54) is 30.6 Å². The van der Waals surface area contributed by atoms with E-state index in [0.29, 0.717) is 6.04 Å². The van der Waals surface area contributed by atoms with Crippen LogP contribution in [0, 0.1) is 5.92 Å². The van der Waals surface area contributed by atoms with Crippen LogP contribution in [0.1, 0.15) is 26.2 Å². The highest BCUT2D eigenvalue weighted by atomic mass is 15.1. The molecule has 2 unspecified atom stereocenters. The van der Waals surface area contributed by atoms with Crippen LogP contribution >= 0.6 is 0 Å². The van der Waals surface area contributed by atoms with Gasteiger partial charge in [0.15, 0.2) is 0 Å². The van der Waals surface area contributed by atoms with E-state index in [1.807, 2.05) is 0 Å². The highest BCUT2D eigenvalue weighted by molar-refractivity contribution is 5.69. The van der Waals surface area contributed by atoms with Crippen LogP contribution in [0.25, 0.3) is 0 Å². The fraction of sp³-hybridized carbons (Fsp3) is 0.571. The van der Waals surface area contributed by atoms with Crippen LogP contribution in [-0.4, -0.2) is 20.1 Å². The molecule has 1 aromatic rings. The molecule has 0 heterocycles. The van der Waals surface area contributed by atoms with Gasteiger partial charge in [0.1, 0.15) is 0 Å². The Morgan fingerprint density at radius 1 is 1.19 bits per heavy atom. The molecule has 0 amide bonds. The minimum Gasteiger partial charge on any atom is -0.381 e. The molecular formula is C14H22N2. The van der Waals surface area contributed by atoms with Gasteiger partial charge in [0.2, 0.25) is 0 Å². The van der Waals surface area contributed by atoms with Crippen molar-refractivity contribution in [3.63, 3.8) is 0 Å². The Morgan fingerprint density at radius 3 is 2.56 bits per heavy atom. The smallest absolute Gasteiger partial charge is 0.0596 e. The molecular weight excluding hydrogens is 196 g/mol. The fourth-order valence-electron chi connectivity index (χ4n) is 2.54. The molecule has 2 heteroatoms. The standard InChI is InChI=1S/C14H22N2/c1-11-8-9-12(10-11)15-13-6-4-5-7-14(13)16(2)3/h4-7,11-12,15H,8-10H2,1-3H3. The molecule has 16 heavy (non-hydrogen) atoms. The molecule has 2 rings (SSSR count). The van der Waals surface area contributed by atoms with Crippen LogP contribution in [0.5, 0.6) is 0 Å². The van der Waals surface area contributed by atoms with Crippen molar-refractivity contribution in [1.29, 1.82) is 0 Å². The van der Waals surface area contributed by atoms with Gasteiger partial charge in [0.05, 0.1) is 11.4 Å². The van der Waals surface area contributed by atoms with Gasteiger partial charge in [-0.1, -0.05) is 19.1 Å². The molecule has 2 nitrogen and oxygen atoms in total. The van der Waals surface area contributed by atoms with E-state index >= 15 is 0 Å². The van der Waals surface area contributed by atoms with Crippen LogP contribution < -0.4 is 10.2 Å². The molecule has 0 spiro atoms. The summed E-state index contributed by atoms with van der Waals surface area (Å²) in [5, 5.41) is 3.68. The summed E-state index contributed by atoms with van der Waals surface area (Å²) in [7, 11) is 4.19. The second-order valence-electron chi connectivity index (χ2n) is 5.17. The van der Waals surface area contributed by atoms with Crippen molar-refractivity contribution < 1.29 is 0 Å². The van der Waals surface area contributed by atoms with Crippen molar-refractivity contribution in [2.45, 2.75) is 32.2 Å². The van der Waals surface area contributed by atoms with E-state index in [9.17, 15) is 0 Å². The van der Waals surface area contributed by atoms with E-state index in [0.717, 1.165) is 5.92 Å². The van der Waals surface area contributed by atoms with Crippen molar-refractivity contribution in [2.75, 3.05) is 24.3 Å². The van der Waals surface area contributed by atoms with E-state index in [2.05, 4.69) is 55.5 Å². The van der Waals surface area contributed by atoms with Gasteiger partial charge in [-0.2, -0.15) is 0 Å². The summed E-state index contributed by atoms with van der Waals surface area (Å²) in [6.07, 6.45) is 3.98. The van der Waals surface area contributed by atoms with Crippen LogP contribution in [0.4, 0.5) is 11.4 Å². The lowest BCUT2D eigenvalue weighted by molar-refractivity contribution is 0.602. The highest BCUT2D eigenvalue weighted by Gasteiger charge is 2.21. The zero-order valence-electron chi connectivity index (χ0n) is 10.5. The molecule has 2 atom stereocenters. The van der Waals surface area contributed by atoms with Gasteiger partial charge in [0.25, 0.3) is 0 Å². The molecule has 1 N–H and O–H groups in total. The minimum absolute atomic E-state index is 0.663. The molecule has 0 bridgehead atoms. The Hall–Kier alpha value is -1.18. The third-order valence-electron chi connectivity index (χ3n) is 3.44. The van der Waals surface area contributed by atoms with Crippen molar-refractivity contribution in [3.8, 4) is 0 Å². The Bertz CT molecular complexity index is 346. The maximum atomic E-state index is 3.68. The monoisotopic (exact) mass is 218 g/mol. The first-order chi connectivity index (χ1) is 7.66. The molecule has 1 aliphatic carbocycles. The molecule has 1 saturated carbocycles. The number of nitrogens with zero attached hydrogens (tertiary/aromatic N) is 1. The van der Waals surface area contributed by atoms with Crippen molar-refractivity contribution in [1.82, 2.24) is 0 Å². The van der Waals surface area contributed by atoms with E-state index in [4.69, 9.17) is 0 Å². The number of nitrogens with one attached hydrogen (secondary N) is 1. The van der Waals surface area contributed by atoms with Crippen LogP contribution in [0.2, 0.25) is 0 Å². The van der Waals surface area contributed by atoms with Gasteiger partial charge in [-0.3, -0.25) is 0 Å². The molecule has 1 fully saturated rings. The largest absolute Gasteiger partial charge is 0.381 e. The summed E-state index contributed by atoms with van der Waals surface area (Å²) in [4.78, 5) is 2.17. The molecule has 0 saturated heterocycles. The van der Waals surface area contributed by atoms with E-state index < -0.39 is 0 Å². The number of hydrogen-bond acceptors (Lipinski definition) is 2. The Morgan fingerprint density at radius 2 is 1.94 bits per heavy atom. The summed E-state index contributed by atoms with van der Waals surface area (Å²) < 4.78 is 0. The lowest BCUT2D eigenvalue weighted by Gasteiger charge is -2.21. The summed E-state index contributed by atoms with van der Waals surface area (Å²) >= 11 is 0. The first-order valence-corrected chi connectivity index (χ1v) is 6.19. The summed E-state index contributed by atoms with van der Waals surface area (Å²) in [6, 6.07) is 9.21.